The quantitative estimate of drug-likeness (QED) is 0.561. The van der Waals surface area contributed by atoms with Crippen molar-refractivity contribution in [2.45, 2.75) is 19.3 Å². The Balaban J connectivity index is 1.93. The van der Waals surface area contributed by atoms with E-state index in [1.807, 2.05) is 29.2 Å². The Morgan fingerprint density at radius 1 is 1.28 bits per heavy atom. The predicted octanol–water partition coefficient (Wildman–Crippen LogP) is 1.79. The van der Waals surface area contributed by atoms with Crippen molar-refractivity contribution in [2.75, 3.05) is 18.4 Å². The summed E-state index contributed by atoms with van der Waals surface area (Å²) in [6.07, 6.45) is 2.62. The fraction of sp³-hybridized carbons (Fsp3) is 0.385. The van der Waals surface area contributed by atoms with E-state index in [9.17, 15) is 4.79 Å². The molecule has 2 amide bonds. The molecule has 0 bridgehead atoms. The van der Waals surface area contributed by atoms with Crippen LogP contribution in [0.4, 0.5) is 10.5 Å². The third-order valence-electron chi connectivity index (χ3n) is 2.99. The molecule has 0 radical (unpaired) electrons. The van der Waals surface area contributed by atoms with E-state index in [0.29, 0.717) is 6.42 Å². The maximum Gasteiger partial charge on any atom is 0.321 e. The number of likely N-dealkylation sites (tertiary alicyclic amines) is 1. The third kappa shape index (κ3) is 3.23. The van der Waals surface area contributed by atoms with E-state index in [0.717, 1.165) is 37.2 Å². The molecule has 0 spiro atoms. The first-order valence-electron chi connectivity index (χ1n) is 6.13. The van der Waals surface area contributed by atoms with Crippen LogP contribution in [0.5, 0.6) is 0 Å². The van der Waals surface area contributed by atoms with Crippen molar-refractivity contribution in [3.05, 3.63) is 29.8 Å². The molecular formula is C13H18N4O. The lowest BCUT2D eigenvalue weighted by Gasteiger charge is -2.16. The molecule has 1 fully saturated rings. The van der Waals surface area contributed by atoms with Crippen molar-refractivity contribution in [1.29, 1.82) is 5.41 Å². The van der Waals surface area contributed by atoms with Crippen LogP contribution in [0, 0.1) is 5.41 Å². The van der Waals surface area contributed by atoms with Gasteiger partial charge in [0.15, 0.2) is 0 Å². The van der Waals surface area contributed by atoms with Crippen LogP contribution in [0.3, 0.4) is 0 Å². The second kappa shape index (κ2) is 5.53. The van der Waals surface area contributed by atoms with Crippen LogP contribution in [-0.2, 0) is 6.42 Å². The van der Waals surface area contributed by atoms with Gasteiger partial charge >= 0.3 is 6.03 Å². The number of hydrogen-bond donors (Lipinski definition) is 3. The number of amides is 2. The number of carbonyl (C=O) groups is 1. The normalized spacial score (nSPS) is 14.6. The molecule has 96 valence electrons. The largest absolute Gasteiger partial charge is 0.387 e. The standard InChI is InChI=1S/C13H18N4O/c14-12(15)9-10-3-5-11(6-4-10)16-13(18)17-7-1-2-8-17/h3-6H,1-2,7-9H2,(H3,14,15)(H,16,18). The van der Waals surface area contributed by atoms with E-state index >= 15 is 0 Å². The fourth-order valence-electron chi connectivity index (χ4n) is 2.05. The Morgan fingerprint density at radius 2 is 1.89 bits per heavy atom. The summed E-state index contributed by atoms with van der Waals surface area (Å²) < 4.78 is 0. The topological polar surface area (TPSA) is 82.2 Å². The van der Waals surface area contributed by atoms with Crippen molar-refractivity contribution in [1.82, 2.24) is 4.90 Å². The Bertz CT molecular complexity index is 435. The summed E-state index contributed by atoms with van der Waals surface area (Å²) in [5.41, 5.74) is 7.08. The minimum absolute atomic E-state index is 0.0354. The van der Waals surface area contributed by atoms with E-state index in [-0.39, 0.29) is 11.9 Å². The zero-order valence-corrected chi connectivity index (χ0v) is 10.3. The maximum atomic E-state index is 11.8. The Hall–Kier alpha value is -2.04. The van der Waals surface area contributed by atoms with Gasteiger partial charge in [-0.3, -0.25) is 5.41 Å². The van der Waals surface area contributed by atoms with Crippen molar-refractivity contribution in [2.24, 2.45) is 5.73 Å². The van der Waals surface area contributed by atoms with E-state index in [2.05, 4.69) is 5.32 Å². The molecule has 1 aliphatic rings. The number of nitrogens with two attached hydrogens (primary N) is 1. The highest BCUT2D eigenvalue weighted by Crippen LogP contribution is 2.13. The molecule has 0 aliphatic carbocycles. The molecule has 0 saturated carbocycles. The lowest BCUT2D eigenvalue weighted by Crippen LogP contribution is -2.32. The third-order valence-corrected chi connectivity index (χ3v) is 2.99. The van der Waals surface area contributed by atoms with Gasteiger partial charge in [0.05, 0.1) is 5.84 Å². The SMILES string of the molecule is N=C(N)Cc1ccc(NC(=O)N2CCCC2)cc1. The van der Waals surface area contributed by atoms with Crippen LogP contribution in [-0.4, -0.2) is 29.9 Å². The van der Waals surface area contributed by atoms with E-state index in [1.165, 1.54) is 0 Å². The van der Waals surface area contributed by atoms with Gasteiger partial charge in [0.1, 0.15) is 0 Å². The van der Waals surface area contributed by atoms with Gasteiger partial charge in [0.2, 0.25) is 0 Å². The summed E-state index contributed by atoms with van der Waals surface area (Å²) in [5.74, 6) is 0.142. The molecule has 0 unspecified atom stereocenters. The monoisotopic (exact) mass is 246 g/mol. The average molecular weight is 246 g/mol. The minimum Gasteiger partial charge on any atom is -0.387 e. The number of carbonyl (C=O) groups excluding carboxylic acids is 1. The fourth-order valence-corrected chi connectivity index (χ4v) is 2.05. The number of urea groups is 1. The summed E-state index contributed by atoms with van der Waals surface area (Å²) >= 11 is 0. The predicted molar refractivity (Wildman–Crippen MR) is 71.9 cm³/mol. The van der Waals surface area contributed by atoms with Crippen LogP contribution in [0.1, 0.15) is 18.4 Å². The molecule has 1 aromatic rings. The first-order valence-corrected chi connectivity index (χ1v) is 6.13. The van der Waals surface area contributed by atoms with Crippen LogP contribution >= 0.6 is 0 Å². The van der Waals surface area contributed by atoms with Crippen LogP contribution in [0.25, 0.3) is 0 Å². The number of amidine groups is 1. The number of nitrogens with zero attached hydrogens (tertiary/aromatic N) is 1. The molecule has 1 aliphatic heterocycles. The molecule has 0 aromatic heterocycles. The molecule has 5 nitrogen and oxygen atoms in total. The van der Waals surface area contributed by atoms with Gasteiger partial charge in [-0.05, 0) is 30.5 Å². The van der Waals surface area contributed by atoms with Gasteiger partial charge in [-0.15, -0.1) is 0 Å². The van der Waals surface area contributed by atoms with Crippen molar-refractivity contribution in [3.63, 3.8) is 0 Å². The maximum absolute atomic E-state index is 11.8. The summed E-state index contributed by atoms with van der Waals surface area (Å²) in [5, 5.41) is 10.1. The molecule has 5 heteroatoms. The van der Waals surface area contributed by atoms with Crippen LogP contribution in [0.2, 0.25) is 0 Å². The molecular weight excluding hydrogens is 228 g/mol. The minimum atomic E-state index is -0.0354. The Kier molecular flexibility index (Phi) is 3.82. The summed E-state index contributed by atoms with van der Waals surface area (Å²) in [6.45, 7) is 1.68. The number of nitrogens with one attached hydrogen (secondary N) is 2. The molecule has 0 atom stereocenters. The zero-order valence-electron chi connectivity index (χ0n) is 10.3. The molecule has 2 rings (SSSR count). The number of rotatable bonds is 3. The van der Waals surface area contributed by atoms with E-state index in [4.69, 9.17) is 11.1 Å². The van der Waals surface area contributed by atoms with Gasteiger partial charge < -0.3 is 16.0 Å². The summed E-state index contributed by atoms with van der Waals surface area (Å²) in [6, 6.07) is 7.40. The second-order valence-electron chi connectivity index (χ2n) is 4.52. The van der Waals surface area contributed by atoms with E-state index < -0.39 is 0 Å². The summed E-state index contributed by atoms with van der Waals surface area (Å²) in [7, 11) is 0. The van der Waals surface area contributed by atoms with Crippen molar-refractivity contribution < 1.29 is 4.79 Å². The van der Waals surface area contributed by atoms with Gasteiger partial charge in [0.25, 0.3) is 0 Å². The van der Waals surface area contributed by atoms with Gasteiger partial charge in [0, 0.05) is 25.2 Å². The molecule has 18 heavy (non-hydrogen) atoms. The zero-order chi connectivity index (χ0) is 13.0. The first kappa shape index (κ1) is 12.4. The Labute approximate surface area is 106 Å². The van der Waals surface area contributed by atoms with E-state index in [1.54, 1.807) is 0 Å². The highest BCUT2D eigenvalue weighted by atomic mass is 16.2. The number of anilines is 1. The van der Waals surface area contributed by atoms with Crippen LogP contribution in [0.15, 0.2) is 24.3 Å². The van der Waals surface area contributed by atoms with Gasteiger partial charge in [-0.2, -0.15) is 0 Å². The lowest BCUT2D eigenvalue weighted by molar-refractivity contribution is 0.222. The smallest absolute Gasteiger partial charge is 0.321 e. The average Bonchev–Trinajstić information content (AvgIpc) is 2.84. The molecule has 1 saturated heterocycles. The number of benzene rings is 1. The highest BCUT2D eigenvalue weighted by Gasteiger charge is 2.17. The molecule has 1 aromatic carbocycles. The number of hydrogen-bond acceptors (Lipinski definition) is 2. The summed E-state index contributed by atoms with van der Waals surface area (Å²) in [4.78, 5) is 13.7. The van der Waals surface area contributed by atoms with Gasteiger partial charge in [-0.1, -0.05) is 12.1 Å². The molecule has 1 heterocycles. The van der Waals surface area contributed by atoms with Crippen LogP contribution < -0.4 is 11.1 Å². The van der Waals surface area contributed by atoms with Gasteiger partial charge in [-0.25, -0.2) is 4.79 Å². The lowest BCUT2D eigenvalue weighted by atomic mass is 10.1. The Morgan fingerprint density at radius 3 is 2.44 bits per heavy atom. The second-order valence-corrected chi connectivity index (χ2v) is 4.52. The van der Waals surface area contributed by atoms with Crippen molar-refractivity contribution in [3.8, 4) is 0 Å². The highest BCUT2D eigenvalue weighted by molar-refractivity contribution is 5.89. The van der Waals surface area contributed by atoms with Crippen molar-refractivity contribution >= 4 is 17.6 Å². The first-order chi connectivity index (χ1) is 8.65. The molecule has 4 N–H and O–H groups in total.